The van der Waals surface area contributed by atoms with Gasteiger partial charge in [-0.1, -0.05) is 30.3 Å². The minimum atomic E-state index is -0.536. The zero-order valence-corrected chi connectivity index (χ0v) is 17.8. The van der Waals surface area contributed by atoms with Crippen LogP contribution in [0.4, 0.5) is 0 Å². The van der Waals surface area contributed by atoms with E-state index in [1.165, 1.54) is 4.90 Å². The monoisotopic (exact) mass is 406 g/mol. The summed E-state index contributed by atoms with van der Waals surface area (Å²) in [4.78, 5) is 31.1. The number of para-hydroxylation sites is 1. The van der Waals surface area contributed by atoms with Crippen LogP contribution in [0.15, 0.2) is 48.5 Å². The van der Waals surface area contributed by atoms with E-state index < -0.39 is 5.97 Å². The van der Waals surface area contributed by atoms with Gasteiger partial charge in [0.25, 0.3) is 5.91 Å². The predicted molar refractivity (Wildman–Crippen MR) is 116 cm³/mol. The third-order valence-corrected chi connectivity index (χ3v) is 4.94. The Morgan fingerprint density at radius 2 is 1.73 bits per heavy atom. The molecule has 0 saturated carbocycles. The molecule has 6 heteroatoms. The summed E-state index contributed by atoms with van der Waals surface area (Å²) in [6.07, 6.45) is 0. The Labute approximate surface area is 176 Å². The number of amides is 1. The van der Waals surface area contributed by atoms with E-state index in [9.17, 15) is 9.59 Å². The summed E-state index contributed by atoms with van der Waals surface area (Å²) in [6.45, 7) is 6.27. The van der Waals surface area contributed by atoms with Crippen LogP contribution in [0.25, 0.3) is 10.9 Å². The fraction of sp³-hybridized carbons (Fsp3) is 0.292. The highest BCUT2D eigenvalue weighted by Gasteiger charge is 2.19. The average Bonchev–Trinajstić information content (AvgIpc) is 2.73. The van der Waals surface area contributed by atoms with Gasteiger partial charge in [0.15, 0.2) is 6.61 Å². The Balaban J connectivity index is 1.62. The van der Waals surface area contributed by atoms with Crippen molar-refractivity contribution in [1.29, 1.82) is 0 Å². The van der Waals surface area contributed by atoms with Crippen molar-refractivity contribution >= 4 is 22.8 Å². The molecule has 1 amide bonds. The van der Waals surface area contributed by atoms with E-state index >= 15 is 0 Å². The van der Waals surface area contributed by atoms with Crippen LogP contribution in [0.1, 0.15) is 34.1 Å². The molecule has 156 valence electrons. The number of pyridine rings is 1. The fourth-order valence-electron chi connectivity index (χ4n) is 3.36. The SMILES string of the molecule is CCOc1ccc(CN(C)C(=O)COC(=O)c2c(C)nc3ccccc3c2C)cc1. The minimum absolute atomic E-state index is 0.277. The summed E-state index contributed by atoms with van der Waals surface area (Å²) in [7, 11) is 1.68. The Hall–Kier alpha value is -3.41. The van der Waals surface area contributed by atoms with Crippen molar-refractivity contribution in [1.82, 2.24) is 9.88 Å². The van der Waals surface area contributed by atoms with Gasteiger partial charge < -0.3 is 14.4 Å². The molecule has 0 radical (unpaired) electrons. The molecule has 0 unspecified atom stereocenters. The first-order valence-corrected chi connectivity index (χ1v) is 9.89. The summed E-state index contributed by atoms with van der Waals surface area (Å²) >= 11 is 0. The largest absolute Gasteiger partial charge is 0.494 e. The number of hydrogen-bond acceptors (Lipinski definition) is 5. The maximum atomic E-state index is 12.7. The number of benzene rings is 2. The van der Waals surface area contributed by atoms with Gasteiger partial charge in [-0.25, -0.2) is 4.79 Å². The highest BCUT2D eigenvalue weighted by atomic mass is 16.5. The lowest BCUT2D eigenvalue weighted by atomic mass is 10.0. The van der Waals surface area contributed by atoms with Crippen molar-refractivity contribution < 1.29 is 19.1 Å². The van der Waals surface area contributed by atoms with Crippen LogP contribution in [-0.2, 0) is 16.1 Å². The number of aromatic nitrogens is 1. The Kier molecular flexibility index (Phi) is 6.67. The van der Waals surface area contributed by atoms with Gasteiger partial charge in [0.1, 0.15) is 5.75 Å². The zero-order chi connectivity index (χ0) is 21.7. The molecule has 0 fully saturated rings. The van der Waals surface area contributed by atoms with E-state index in [4.69, 9.17) is 9.47 Å². The summed E-state index contributed by atoms with van der Waals surface area (Å²) in [5, 5.41) is 0.897. The molecule has 6 nitrogen and oxygen atoms in total. The molecule has 0 aliphatic carbocycles. The van der Waals surface area contributed by atoms with Crippen LogP contribution in [-0.4, -0.2) is 42.0 Å². The Morgan fingerprint density at radius 3 is 2.43 bits per heavy atom. The lowest BCUT2D eigenvalue weighted by molar-refractivity contribution is -0.133. The van der Waals surface area contributed by atoms with Gasteiger partial charge in [-0.3, -0.25) is 9.78 Å². The topological polar surface area (TPSA) is 68.7 Å². The second kappa shape index (κ2) is 9.39. The van der Waals surface area contributed by atoms with Gasteiger partial charge in [0.2, 0.25) is 0 Å². The van der Waals surface area contributed by atoms with E-state index in [0.717, 1.165) is 27.8 Å². The number of likely N-dealkylation sites (N-methyl/N-ethyl adjacent to an activating group) is 1. The van der Waals surface area contributed by atoms with Gasteiger partial charge >= 0.3 is 5.97 Å². The van der Waals surface area contributed by atoms with Gasteiger partial charge in [0, 0.05) is 19.0 Å². The number of carbonyl (C=O) groups excluding carboxylic acids is 2. The number of rotatable bonds is 7. The lowest BCUT2D eigenvalue weighted by Crippen LogP contribution is -2.31. The summed E-state index contributed by atoms with van der Waals surface area (Å²) in [5.74, 6) is -0.0220. The first kappa shape index (κ1) is 21.3. The first-order chi connectivity index (χ1) is 14.4. The number of nitrogens with zero attached hydrogens (tertiary/aromatic N) is 2. The molecule has 1 aromatic heterocycles. The molecule has 0 spiro atoms. The van der Waals surface area contributed by atoms with Crippen molar-refractivity contribution in [2.24, 2.45) is 0 Å². The number of hydrogen-bond donors (Lipinski definition) is 0. The summed E-state index contributed by atoms with van der Waals surface area (Å²) in [5.41, 5.74) is 3.60. The lowest BCUT2D eigenvalue weighted by Gasteiger charge is -2.18. The molecule has 0 aliphatic rings. The summed E-state index contributed by atoms with van der Waals surface area (Å²) in [6, 6.07) is 15.2. The van der Waals surface area contributed by atoms with Gasteiger partial charge in [0.05, 0.1) is 23.4 Å². The highest BCUT2D eigenvalue weighted by Crippen LogP contribution is 2.23. The molecular formula is C24H26N2O4. The number of esters is 1. The molecule has 0 bridgehead atoms. The third kappa shape index (κ3) is 4.76. The van der Waals surface area contributed by atoms with Gasteiger partial charge in [-0.2, -0.15) is 0 Å². The molecule has 3 aromatic rings. The molecule has 2 aromatic carbocycles. The van der Waals surface area contributed by atoms with Gasteiger partial charge in [-0.05, 0) is 50.1 Å². The Morgan fingerprint density at radius 1 is 1.03 bits per heavy atom. The van der Waals surface area contributed by atoms with E-state index in [2.05, 4.69) is 4.98 Å². The second-order valence-corrected chi connectivity index (χ2v) is 7.12. The first-order valence-electron chi connectivity index (χ1n) is 9.89. The van der Waals surface area contributed by atoms with Crippen molar-refractivity contribution in [3.8, 4) is 5.75 Å². The van der Waals surface area contributed by atoms with Gasteiger partial charge in [-0.15, -0.1) is 0 Å². The van der Waals surface area contributed by atoms with Crippen LogP contribution < -0.4 is 4.74 Å². The van der Waals surface area contributed by atoms with Crippen LogP contribution >= 0.6 is 0 Å². The quantitative estimate of drug-likeness (QED) is 0.554. The maximum Gasteiger partial charge on any atom is 0.340 e. The minimum Gasteiger partial charge on any atom is -0.494 e. The van der Waals surface area contributed by atoms with Crippen LogP contribution in [0, 0.1) is 13.8 Å². The zero-order valence-electron chi connectivity index (χ0n) is 17.8. The van der Waals surface area contributed by atoms with Crippen molar-refractivity contribution in [3.05, 3.63) is 70.9 Å². The normalized spacial score (nSPS) is 10.7. The number of fused-ring (bicyclic) bond motifs is 1. The smallest absolute Gasteiger partial charge is 0.340 e. The predicted octanol–water partition coefficient (Wildman–Crippen LogP) is 4.07. The molecular weight excluding hydrogens is 380 g/mol. The second-order valence-electron chi connectivity index (χ2n) is 7.12. The highest BCUT2D eigenvalue weighted by molar-refractivity contribution is 5.99. The van der Waals surface area contributed by atoms with Crippen LogP contribution in [0.2, 0.25) is 0 Å². The van der Waals surface area contributed by atoms with Crippen molar-refractivity contribution in [3.63, 3.8) is 0 Å². The number of aryl methyl sites for hydroxylation is 2. The fourth-order valence-corrected chi connectivity index (χ4v) is 3.36. The molecule has 0 aliphatic heterocycles. The van der Waals surface area contributed by atoms with Crippen LogP contribution in [0.5, 0.6) is 5.75 Å². The molecule has 3 rings (SSSR count). The Bertz CT molecular complexity index is 1060. The molecule has 1 heterocycles. The third-order valence-electron chi connectivity index (χ3n) is 4.94. The molecule has 0 atom stereocenters. The van der Waals surface area contributed by atoms with E-state index in [-0.39, 0.29) is 12.5 Å². The number of carbonyl (C=O) groups is 2. The summed E-state index contributed by atoms with van der Waals surface area (Å²) < 4.78 is 10.7. The maximum absolute atomic E-state index is 12.7. The standard InChI is InChI=1S/C24H26N2O4/c1-5-29-19-12-10-18(11-13-19)14-26(4)22(27)15-30-24(28)23-16(2)20-8-6-7-9-21(20)25-17(23)3/h6-13H,5,14-15H2,1-4H3. The average molecular weight is 406 g/mol. The van der Waals surface area contributed by atoms with Crippen molar-refractivity contribution in [2.75, 3.05) is 20.3 Å². The van der Waals surface area contributed by atoms with E-state index in [1.807, 2.05) is 62.4 Å². The van der Waals surface area contributed by atoms with E-state index in [1.54, 1.807) is 14.0 Å². The molecule has 30 heavy (non-hydrogen) atoms. The number of ether oxygens (including phenoxy) is 2. The molecule has 0 N–H and O–H groups in total. The molecule has 0 saturated heterocycles. The van der Waals surface area contributed by atoms with Crippen molar-refractivity contribution in [2.45, 2.75) is 27.3 Å². The van der Waals surface area contributed by atoms with E-state index in [0.29, 0.717) is 24.4 Å². The van der Waals surface area contributed by atoms with Crippen LogP contribution in [0.3, 0.4) is 0 Å².